The zero-order valence-electron chi connectivity index (χ0n) is 10.8. The SMILES string of the molecule is CNc1cccc(N)c1.Cc1ccc(N)c(N)c1. The second-order valence-corrected chi connectivity index (χ2v) is 4.01. The zero-order chi connectivity index (χ0) is 13.5. The Morgan fingerprint density at radius 1 is 0.889 bits per heavy atom. The monoisotopic (exact) mass is 244 g/mol. The molecule has 0 aliphatic heterocycles. The predicted octanol–water partition coefficient (Wildman–Crippen LogP) is 2.47. The first-order valence-corrected chi connectivity index (χ1v) is 5.68. The van der Waals surface area contributed by atoms with Gasteiger partial charge in [-0.2, -0.15) is 0 Å². The van der Waals surface area contributed by atoms with Crippen molar-refractivity contribution in [3.63, 3.8) is 0 Å². The van der Waals surface area contributed by atoms with Gasteiger partial charge in [0, 0.05) is 18.4 Å². The minimum Gasteiger partial charge on any atom is -0.399 e. The highest BCUT2D eigenvalue weighted by atomic mass is 14.8. The number of nitrogens with two attached hydrogens (primary N) is 3. The molecule has 96 valence electrons. The molecule has 0 bridgehead atoms. The first-order valence-electron chi connectivity index (χ1n) is 5.68. The lowest BCUT2D eigenvalue weighted by molar-refractivity contribution is 1.47. The Morgan fingerprint density at radius 3 is 2.06 bits per heavy atom. The largest absolute Gasteiger partial charge is 0.399 e. The van der Waals surface area contributed by atoms with Crippen LogP contribution in [0.5, 0.6) is 0 Å². The molecule has 0 saturated heterocycles. The molecule has 0 radical (unpaired) electrons. The molecule has 0 spiro atoms. The molecule has 4 nitrogen and oxygen atoms in total. The van der Waals surface area contributed by atoms with Crippen LogP contribution in [-0.2, 0) is 0 Å². The molecule has 18 heavy (non-hydrogen) atoms. The van der Waals surface area contributed by atoms with Crippen LogP contribution in [0, 0.1) is 6.92 Å². The highest BCUT2D eigenvalue weighted by Crippen LogP contribution is 2.14. The summed E-state index contributed by atoms with van der Waals surface area (Å²) in [6, 6.07) is 13.2. The third kappa shape index (κ3) is 4.25. The van der Waals surface area contributed by atoms with E-state index >= 15 is 0 Å². The average Bonchev–Trinajstić information content (AvgIpc) is 2.35. The number of nitrogen functional groups attached to an aromatic ring is 3. The fourth-order valence-electron chi connectivity index (χ4n) is 1.39. The van der Waals surface area contributed by atoms with Crippen molar-refractivity contribution in [1.29, 1.82) is 0 Å². The van der Waals surface area contributed by atoms with Crippen LogP contribution in [0.15, 0.2) is 42.5 Å². The quantitative estimate of drug-likeness (QED) is 0.580. The molecule has 0 atom stereocenters. The third-order valence-electron chi connectivity index (χ3n) is 2.42. The summed E-state index contributed by atoms with van der Waals surface area (Å²) in [7, 11) is 1.87. The standard InChI is InChI=1S/2C7H10N2/c1-5-2-3-6(8)7(9)4-5;1-9-7-4-2-3-6(8)5-7/h2-4H,8-9H2,1H3;2-5,9H,8H2,1H3. The second-order valence-electron chi connectivity index (χ2n) is 4.01. The van der Waals surface area contributed by atoms with Crippen molar-refractivity contribution in [3.05, 3.63) is 48.0 Å². The number of hydrogen-bond acceptors (Lipinski definition) is 4. The number of aryl methyl sites for hydroxylation is 1. The van der Waals surface area contributed by atoms with Gasteiger partial charge in [0.25, 0.3) is 0 Å². The molecule has 2 aromatic carbocycles. The Hall–Kier alpha value is -2.36. The molecule has 0 saturated carbocycles. The fourth-order valence-corrected chi connectivity index (χ4v) is 1.39. The summed E-state index contributed by atoms with van der Waals surface area (Å²) in [4.78, 5) is 0. The van der Waals surface area contributed by atoms with Gasteiger partial charge in [-0.3, -0.25) is 0 Å². The first kappa shape index (κ1) is 13.7. The normalized spacial score (nSPS) is 9.22. The topological polar surface area (TPSA) is 90.1 Å². The molecule has 0 aliphatic carbocycles. The van der Waals surface area contributed by atoms with Crippen LogP contribution in [0.1, 0.15) is 5.56 Å². The molecule has 0 amide bonds. The van der Waals surface area contributed by atoms with Crippen molar-refractivity contribution in [2.75, 3.05) is 29.6 Å². The third-order valence-corrected chi connectivity index (χ3v) is 2.42. The van der Waals surface area contributed by atoms with Crippen molar-refractivity contribution < 1.29 is 0 Å². The van der Waals surface area contributed by atoms with Crippen LogP contribution in [0.4, 0.5) is 22.7 Å². The van der Waals surface area contributed by atoms with Crippen LogP contribution in [-0.4, -0.2) is 7.05 Å². The summed E-state index contributed by atoms with van der Waals surface area (Å²) in [6.45, 7) is 1.98. The highest BCUT2D eigenvalue weighted by Gasteiger charge is 1.90. The summed E-state index contributed by atoms with van der Waals surface area (Å²) < 4.78 is 0. The van der Waals surface area contributed by atoms with Crippen LogP contribution in [0.3, 0.4) is 0 Å². The average molecular weight is 244 g/mol. The number of anilines is 4. The maximum Gasteiger partial charge on any atom is 0.0550 e. The predicted molar refractivity (Wildman–Crippen MR) is 80.4 cm³/mol. The maximum absolute atomic E-state index is 5.50. The van der Waals surface area contributed by atoms with E-state index in [4.69, 9.17) is 17.2 Å². The maximum atomic E-state index is 5.50. The Balaban J connectivity index is 0.000000180. The van der Waals surface area contributed by atoms with Crippen molar-refractivity contribution in [1.82, 2.24) is 0 Å². The fraction of sp³-hybridized carbons (Fsp3) is 0.143. The lowest BCUT2D eigenvalue weighted by Gasteiger charge is -1.98. The van der Waals surface area contributed by atoms with E-state index in [2.05, 4.69) is 5.32 Å². The minimum atomic E-state index is 0.653. The van der Waals surface area contributed by atoms with E-state index in [1.165, 1.54) is 0 Å². The molecule has 0 heterocycles. The van der Waals surface area contributed by atoms with E-state index in [1.54, 1.807) is 0 Å². The molecule has 0 aliphatic rings. The molecule has 4 heteroatoms. The van der Waals surface area contributed by atoms with Crippen LogP contribution in [0.25, 0.3) is 0 Å². The van der Waals surface area contributed by atoms with Gasteiger partial charge >= 0.3 is 0 Å². The van der Waals surface area contributed by atoms with Crippen LogP contribution in [0.2, 0.25) is 0 Å². The summed E-state index contributed by atoms with van der Waals surface area (Å²) in [6.07, 6.45) is 0. The van der Waals surface area contributed by atoms with Crippen LogP contribution >= 0.6 is 0 Å². The van der Waals surface area contributed by atoms with E-state index in [0.717, 1.165) is 16.9 Å². The van der Waals surface area contributed by atoms with Gasteiger partial charge in [0.2, 0.25) is 0 Å². The molecular formula is C14H20N4. The van der Waals surface area contributed by atoms with Crippen molar-refractivity contribution in [2.45, 2.75) is 6.92 Å². The molecule has 2 rings (SSSR count). The Labute approximate surface area is 108 Å². The van der Waals surface area contributed by atoms with Crippen molar-refractivity contribution in [3.8, 4) is 0 Å². The van der Waals surface area contributed by atoms with Gasteiger partial charge in [0.15, 0.2) is 0 Å². The van der Waals surface area contributed by atoms with Gasteiger partial charge in [0.05, 0.1) is 11.4 Å². The molecular weight excluding hydrogens is 224 g/mol. The first-order chi connectivity index (χ1) is 8.52. The highest BCUT2D eigenvalue weighted by molar-refractivity contribution is 5.63. The van der Waals surface area contributed by atoms with E-state index < -0.39 is 0 Å². The summed E-state index contributed by atoms with van der Waals surface area (Å²) in [5.41, 5.74) is 20.8. The summed E-state index contributed by atoms with van der Waals surface area (Å²) >= 11 is 0. The Kier molecular flexibility index (Phi) is 4.87. The van der Waals surface area contributed by atoms with Gasteiger partial charge < -0.3 is 22.5 Å². The van der Waals surface area contributed by atoms with Gasteiger partial charge in [-0.15, -0.1) is 0 Å². The lowest BCUT2D eigenvalue weighted by atomic mass is 10.2. The van der Waals surface area contributed by atoms with Gasteiger partial charge in [-0.1, -0.05) is 12.1 Å². The smallest absolute Gasteiger partial charge is 0.0550 e. The molecule has 7 N–H and O–H groups in total. The van der Waals surface area contributed by atoms with E-state index in [1.807, 2.05) is 56.4 Å². The summed E-state index contributed by atoms with van der Waals surface area (Å²) in [5.74, 6) is 0. The van der Waals surface area contributed by atoms with E-state index in [0.29, 0.717) is 11.4 Å². The van der Waals surface area contributed by atoms with Gasteiger partial charge in [-0.25, -0.2) is 0 Å². The number of nitrogens with one attached hydrogen (secondary N) is 1. The number of hydrogen-bond donors (Lipinski definition) is 4. The lowest BCUT2D eigenvalue weighted by Crippen LogP contribution is -1.93. The molecule has 0 fully saturated rings. The van der Waals surface area contributed by atoms with Crippen molar-refractivity contribution in [2.24, 2.45) is 0 Å². The number of benzene rings is 2. The van der Waals surface area contributed by atoms with Crippen molar-refractivity contribution >= 4 is 22.7 Å². The molecule has 0 aromatic heterocycles. The zero-order valence-corrected chi connectivity index (χ0v) is 10.8. The van der Waals surface area contributed by atoms with Gasteiger partial charge in [0.1, 0.15) is 0 Å². The second kappa shape index (κ2) is 6.39. The Bertz CT molecular complexity index is 509. The van der Waals surface area contributed by atoms with E-state index in [-0.39, 0.29) is 0 Å². The summed E-state index contributed by atoms with van der Waals surface area (Å²) in [5, 5.41) is 2.99. The van der Waals surface area contributed by atoms with E-state index in [9.17, 15) is 0 Å². The number of rotatable bonds is 1. The molecule has 0 unspecified atom stereocenters. The van der Waals surface area contributed by atoms with Crippen LogP contribution < -0.4 is 22.5 Å². The minimum absolute atomic E-state index is 0.653. The molecule has 2 aromatic rings. The van der Waals surface area contributed by atoms with Gasteiger partial charge in [-0.05, 0) is 42.8 Å². The Morgan fingerprint density at radius 2 is 1.61 bits per heavy atom.